The Hall–Kier alpha value is 0.137. The van der Waals surface area contributed by atoms with E-state index < -0.39 is 9.28 Å². The molecular weight excluding hydrogens is 240 g/mol. The van der Waals surface area contributed by atoms with E-state index in [1.54, 1.807) is 0 Å². The lowest BCUT2D eigenvalue weighted by Gasteiger charge is -2.40. The van der Waals surface area contributed by atoms with Crippen LogP contribution in [0.2, 0.25) is 6.55 Å². The molecule has 0 aliphatic heterocycles. The second-order valence-electron chi connectivity index (χ2n) is 6.82. The highest BCUT2D eigenvalue weighted by Crippen LogP contribution is 2.35. The number of rotatable bonds is 4. The topological polar surface area (TPSA) is 18.5 Å². The summed E-state index contributed by atoms with van der Waals surface area (Å²) >= 11 is 0. The van der Waals surface area contributed by atoms with Gasteiger partial charge >= 0.3 is 9.28 Å². The van der Waals surface area contributed by atoms with Crippen molar-refractivity contribution < 1.29 is 8.85 Å². The minimum atomic E-state index is -1.48. The Balaban J connectivity index is 1.81. The van der Waals surface area contributed by atoms with Gasteiger partial charge in [-0.25, -0.2) is 0 Å². The average molecular weight is 270 g/mol. The third-order valence-corrected chi connectivity index (χ3v) is 6.53. The third-order valence-electron chi connectivity index (χ3n) is 4.72. The molecule has 106 valence electrons. The standard InChI is InChI=1S/C15H30O2Si/c1-14(10-6-4-7-11-14)16-18(3)17-15(2)12-8-5-9-13-15/h18H,4-13H2,1-3H3. The summed E-state index contributed by atoms with van der Waals surface area (Å²) in [5.41, 5.74) is 0.240. The van der Waals surface area contributed by atoms with Gasteiger partial charge in [0.25, 0.3) is 0 Å². The number of hydrogen-bond acceptors (Lipinski definition) is 2. The largest absolute Gasteiger partial charge is 0.391 e. The van der Waals surface area contributed by atoms with Gasteiger partial charge in [-0.05, 0) is 46.1 Å². The molecule has 0 bridgehead atoms. The first-order chi connectivity index (χ1) is 8.52. The summed E-state index contributed by atoms with van der Waals surface area (Å²) in [6.07, 6.45) is 13.0. The van der Waals surface area contributed by atoms with E-state index in [0.717, 1.165) is 0 Å². The van der Waals surface area contributed by atoms with Crippen LogP contribution in [-0.2, 0) is 8.85 Å². The van der Waals surface area contributed by atoms with Gasteiger partial charge in [-0.2, -0.15) is 0 Å². The van der Waals surface area contributed by atoms with E-state index in [1.165, 1.54) is 64.2 Å². The summed E-state index contributed by atoms with van der Waals surface area (Å²) < 4.78 is 12.7. The Labute approximate surface area is 114 Å². The van der Waals surface area contributed by atoms with Crippen molar-refractivity contribution in [3.05, 3.63) is 0 Å². The molecule has 0 unspecified atom stereocenters. The summed E-state index contributed by atoms with van der Waals surface area (Å²) in [7, 11) is -1.48. The van der Waals surface area contributed by atoms with E-state index in [-0.39, 0.29) is 11.2 Å². The lowest BCUT2D eigenvalue weighted by molar-refractivity contribution is -0.0270. The maximum absolute atomic E-state index is 6.36. The smallest absolute Gasteiger partial charge is 0.319 e. The molecule has 3 heteroatoms. The minimum Gasteiger partial charge on any atom is -0.391 e. The van der Waals surface area contributed by atoms with Gasteiger partial charge in [0, 0.05) is 0 Å². The first-order valence-corrected chi connectivity index (χ1v) is 9.97. The van der Waals surface area contributed by atoms with Crippen LogP contribution in [0.3, 0.4) is 0 Å². The molecule has 18 heavy (non-hydrogen) atoms. The highest BCUT2D eigenvalue weighted by molar-refractivity contribution is 6.42. The SMILES string of the molecule is C[SiH](OC1(C)CCCCC1)OC1(C)CCCCC1. The van der Waals surface area contributed by atoms with Crippen LogP contribution in [0.4, 0.5) is 0 Å². The molecule has 0 saturated heterocycles. The van der Waals surface area contributed by atoms with Gasteiger partial charge in [-0.1, -0.05) is 38.5 Å². The Kier molecular flexibility index (Phi) is 4.90. The van der Waals surface area contributed by atoms with Crippen LogP contribution in [0.1, 0.15) is 78.1 Å². The van der Waals surface area contributed by atoms with Crippen LogP contribution in [0.5, 0.6) is 0 Å². The molecule has 2 aliphatic carbocycles. The highest BCUT2D eigenvalue weighted by atomic mass is 28.3. The van der Waals surface area contributed by atoms with Gasteiger partial charge in [0.2, 0.25) is 0 Å². The molecule has 2 rings (SSSR count). The molecular formula is C15H30O2Si. The molecule has 0 N–H and O–H groups in total. The monoisotopic (exact) mass is 270 g/mol. The van der Waals surface area contributed by atoms with E-state index in [1.807, 2.05) is 0 Å². The molecule has 2 aliphatic rings. The van der Waals surface area contributed by atoms with Gasteiger partial charge in [0.1, 0.15) is 0 Å². The molecule has 2 fully saturated rings. The van der Waals surface area contributed by atoms with Crippen molar-refractivity contribution in [1.29, 1.82) is 0 Å². The third kappa shape index (κ3) is 4.07. The predicted octanol–water partition coefficient (Wildman–Crippen LogP) is 4.32. The van der Waals surface area contributed by atoms with Crippen LogP contribution in [0.25, 0.3) is 0 Å². The normalized spacial score (nSPS) is 27.3. The molecule has 0 aromatic carbocycles. The molecule has 0 heterocycles. The van der Waals surface area contributed by atoms with Crippen LogP contribution in [0, 0.1) is 0 Å². The maximum atomic E-state index is 6.36. The van der Waals surface area contributed by atoms with Gasteiger partial charge in [-0.3, -0.25) is 0 Å². The zero-order chi connectivity index (χ0) is 13.1. The first kappa shape index (κ1) is 14.5. The van der Waals surface area contributed by atoms with Crippen molar-refractivity contribution in [2.75, 3.05) is 0 Å². The molecule has 0 amide bonds. The Morgan fingerprint density at radius 1 is 0.667 bits per heavy atom. The molecule has 0 spiro atoms. The summed E-state index contributed by atoms with van der Waals surface area (Å²) in [4.78, 5) is 0. The molecule has 0 aromatic heterocycles. The van der Waals surface area contributed by atoms with Crippen LogP contribution in [-0.4, -0.2) is 20.5 Å². The van der Waals surface area contributed by atoms with Gasteiger partial charge in [0.15, 0.2) is 0 Å². The molecule has 2 saturated carbocycles. The fourth-order valence-electron chi connectivity index (χ4n) is 3.66. The molecule has 2 nitrogen and oxygen atoms in total. The van der Waals surface area contributed by atoms with E-state index in [9.17, 15) is 0 Å². The summed E-state index contributed by atoms with van der Waals surface area (Å²) in [6.45, 7) is 6.81. The van der Waals surface area contributed by atoms with Crippen LogP contribution < -0.4 is 0 Å². The van der Waals surface area contributed by atoms with E-state index >= 15 is 0 Å². The van der Waals surface area contributed by atoms with Gasteiger partial charge < -0.3 is 8.85 Å². The first-order valence-electron chi connectivity index (χ1n) is 7.87. The quantitative estimate of drug-likeness (QED) is 0.709. The van der Waals surface area contributed by atoms with Crippen molar-refractivity contribution >= 4 is 9.28 Å². The Morgan fingerprint density at radius 3 is 1.33 bits per heavy atom. The van der Waals surface area contributed by atoms with Crippen molar-refractivity contribution in [2.24, 2.45) is 0 Å². The van der Waals surface area contributed by atoms with Crippen molar-refractivity contribution in [2.45, 2.75) is 95.8 Å². The Morgan fingerprint density at radius 2 is 1.00 bits per heavy atom. The van der Waals surface area contributed by atoms with Crippen LogP contribution >= 0.6 is 0 Å². The van der Waals surface area contributed by atoms with E-state index in [2.05, 4.69) is 20.4 Å². The predicted molar refractivity (Wildman–Crippen MR) is 78.2 cm³/mol. The fraction of sp³-hybridized carbons (Fsp3) is 1.00. The second-order valence-corrected chi connectivity index (χ2v) is 8.43. The zero-order valence-electron chi connectivity index (χ0n) is 12.5. The lowest BCUT2D eigenvalue weighted by Crippen LogP contribution is -2.43. The highest BCUT2D eigenvalue weighted by Gasteiger charge is 2.34. The average Bonchev–Trinajstić information content (AvgIpc) is 2.29. The van der Waals surface area contributed by atoms with Crippen molar-refractivity contribution in [3.8, 4) is 0 Å². The van der Waals surface area contributed by atoms with E-state index in [0.29, 0.717) is 0 Å². The molecule has 0 aromatic rings. The maximum Gasteiger partial charge on any atom is 0.319 e. The van der Waals surface area contributed by atoms with Crippen molar-refractivity contribution in [1.82, 2.24) is 0 Å². The minimum absolute atomic E-state index is 0.120. The summed E-state index contributed by atoms with van der Waals surface area (Å²) in [6, 6.07) is 0. The number of hydrogen-bond donors (Lipinski definition) is 0. The van der Waals surface area contributed by atoms with Crippen molar-refractivity contribution in [3.63, 3.8) is 0 Å². The lowest BCUT2D eigenvalue weighted by atomic mass is 9.87. The van der Waals surface area contributed by atoms with Crippen LogP contribution in [0.15, 0.2) is 0 Å². The zero-order valence-corrected chi connectivity index (χ0v) is 13.6. The summed E-state index contributed by atoms with van der Waals surface area (Å²) in [5.74, 6) is 0. The fourth-order valence-corrected chi connectivity index (χ4v) is 5.78. The van der Waals surface area contributed by atoms with Gasteiger partial charge in [0.05, 0.1) is 11.2 Å². The summed E-state index contributed by atoms with van der Waals surface area (Å²) in [5, 5.41) is 0. The van der Waals surface area contributed by atoms with Gasteiger partial charge in [-0.15, -0.1) is 0 Å². The molecule has 0 atom stereocenters. The van der Waals surface area contributed by atoms with E-state index in [4.69, 9.17) is 8.85 Å². The Bertz CT molecular complexity index is 229. The second kappa shape index (κ2) is 6.06. The molecule has 0 radical (unpaired) electrons.